The molecule has 0 saturated carbocycles. The number of hydrogen-bond donors (Lipinski definition) is 2. The molecule has 0 aliphatic carbocycles. The summed E-state index contributed by atoms with van der Waals surface area (Å²) in [7, 11) is 5.49. The summed E-state index contributed by atoms with van der Waals surface area (Å²) in [5.41, 5.74) is 2.48. The molecule has 0 spiro atoms. The van der Waals surface area contributed by atoms with Crippen LogP contribution in [0.3, 0.4) is 0 Å². The largest absolute Gasteiger partial charge is 0.507 e. The molecule has 8 nitrogen and oxygen atoms in total. The Kier molecular flexibility index (Phi) is 6.26. The molecule has 1 fully saturated rings. The molecule has 1 aromatic heterocycles. The Morgan fingerprint density at radius 2 is 1.90 bits per heavy atom. The van der Waals surface area contributed by atoms with Crippen LogP contribution in [0.1, 0.15) is 35.0 Å². The summed E-state index contributed by atoms with van der Waals surface area (Å²) in [5, 5.41) is 18.0. The van der Waals surface area contributed by atoms with Gasteiger partial charge in [0.2, 0.25) is 0 Å². The summed E-state index contributed by atoms with van der Waals surface area (Å²) >= 11 is 0. The van der Waals surface area contributed by atoms with Gasteiger partial charge in [0.15, 0.2) is 0 Å². The van der Waals surface area contributed by atoms with Crippen LogP contribution < -0.4 is 4.74 Å². The molecule has 1 aliphatic rings. The van der Waals surface area contributed by atoms with Crippen LogP contribution in [0.4, 0.5) is 0 Å². The number of aromatic nitrogens is 2. The lowest BCUT2D eigenvalue weighted by Gasteiger charge is -2.26. The van der Waals surface area contributed by atoms with Gasteiger partial charge in [0.25, 0.3) is 11.7 Å². The highest BCUT2D eigenvalue weighted by atomic mass is 16.5. The zero-order valence-electron chi connectivity index (χ0n) is 18.0. The molecule has 2 aromatic rings. The second kappa shape index (κ2) is 8.71. The maximum absolute atomic E-state index is 13.0. The van der Waals surface area contributed by atoms with Crippen molar-refractivity contribution in [1.29, 1.82) is 0 Å². The zero-order valence-corrected chi connectivity index (χ0v) is 18.0. The number of likely N-dealkylation sites (tertiary alicyclic amines) is 1. The van der Waals surface area contributed by atoms with Gasteiger partial charge < -0.3 is 19.6 Å². The highest BCUT2D eigenvalue weighted by Gasteiger charge is 2.46. The molecule has 1 amide bonds. The smallest absolute Gasteiger partial charge is 0.295 e. The summed E-state index contributed by atoms with van der Waals surface area (Å²) in [6, 6.07) is 6.52. The van der Waals surface area contributed by atoms with E-state index in [-0.39, 0.29) is 11.3 Å². The number of ketones is 1. The first-order valence-corrected chi connectivity index (χ1v) is 9.85. The van der Waals surface area contributed by atoms with Crippen molar-refractivity contribution in [1.82, 2.24) is 20.0 Å². The quantitative estimate of drug-likeness (QED) is 0.412. The van der Waals surface area contributed by atoms with E-state index < -0.39 is 17.7 Å². The summed E-state index contributed by atoms with van der Waals surface area (Å²) in [5.74, 6) is -0.814. The van der Waals surface area contributed by atoms with E-state index >= 15 is 0 Å². The van der Waals surface area contributed by atoms with Crippen LogP contribution in [0.25, 0.3) is 5.76 Å². The number of aromatic amines is 1. The normalized spacial score (nSPS) is 18.5. The molecule has 8 heteroatoms. The standard InChI is InChI=1S/C22H28N4O4/c1-13-17(14(2)24-23-13)20(27)18-19(15-7-9-16(30-5)10-8-15)26(22(29)21(18)28)12-6-11-25(3)4/h7-10,19,27H,6,11-12H2,1-5H3,(H,23,24)/b20-18+. The summed E-state index contributed by atoms with van der Waals surface area (Å²) in [6.07, 6.45) is 0.705. The fourth-order valence-corrected chi connectivity index (χ4v) is 3.84. The van der Waals surface area contributed by atoms with E-state index in [9.17, 15) is 14.7 Å². The molecule has 160 valence electrons. The number of rotatable bonds is 7. The summed E-state index contributed by atoms with van der Waals surface area (Å²) in [6.45, 7) is 4.69. The molecule has 1 saturated heterocycles. The number of nitrogens with one attached hydrogen (secondary N) is 1. The number of ether oxygens (including phenoxy) is 1. The highest BCUT2D eigenvalue weighted by molar-refractivity contribution is 6.46. The highest BCUT2D eigenvalue weighted by Crippen LogP contribution is 2.40. The Morgan fingerprint density at radius 1 is 1.23 bits per heavy atom. The number of hydrogen-bond acceptors (Lipinski definition) is 6. The number of carbonyl (C=O) groups is 2. The van der Waals surface area contributed by atoms with Crippen LogP contribution in [0, 0.1) is 13.8 Å². The van der Waals surface area contributed by atoms with Gasteiger partial charge in [0, 0.05) is 12.2 Å². The second-order valence-corrected chi connectivity index (χ2v) is 7.73. The molecule has 3 rings (SSSR count). The van der Waals surface area contributed by atoms with Crippen molar-refractivity contribution in [2.24, 2.45) is 0 Å². The molecule has 1 unspecified atom stereocenters. The summed E-state index contributed by atoms with van der Waals surface area (Å²) in [4.78, 5) is 29.5. The number of H-pyrrole nitrogens is 1. The maximum atomic E-state index is 13.0. The first kappa shape index (κ1) is 21.6. The molecule has 2 N–H and O–H groups in total. The Labute approximate surface area is 176 Å². The van der Waals surface area contributed by atoms with Gasteiger partial charge in [-0.2, -0.15) is 5.10 Å². The van der Waals surface area contributed by atoms with E-state index in [0.717, 1.165) is 12.1 Å². The van der Waals surface area contributed by atoms with Crippen molar-refractivity contribution in [2.45, 2.75) is 26.3 Å². The predicted octanol–water partition coefficient (Wildman–Crippen LogP) is 2.41. The van der Waals surface area contributed by atoms with Crippen molar-refractivity contribution < 1.29 is 19.4 Å². The van der Waals surface area contributed by atoms with Crippen LogP contribution in [0.5, 0.6) is 5.75 Å². The first-order chi connectivity index (χ1) is 14.3. The zero-order chi connectivity index (χ0) is 22.0. The number of amides is 1. The molecule has 2 heterocycles. The Morgan fingerprint density at radius 3 is 2.43 bits per heavy atom. The second-order valence-electron chi connectivity index (χ2n) is 7.73. The number of nitrogens with zero attached hydrogens (tertiary/aromatic N) is 3. The van der Waals surface area contributed by atoms with Gasteiger partial charge in [-0.3, -0.25) is 14.7 Å². The Bertz CT molecular complexity index is 956. The van der Waals surface area contributed by atoms with Gasteiger partial charge in [-0.1, -0.05) is 12.1 Å². The fraction of sp³-hybridized carbons (Fsp3) is 0.409. The van der Waals surface area contributed by atoms with Gasteiger partial charge in [0.1, 0.15) is 11.5 Å². The number of benzene rings is 1. The van der Waals surface area contributed by atoms with Gasteiger partial charge in [-0.25, -0.2) is 0 Å². The summed E-state index contributed by atoms with van der Waals surface area (Å²) < 4.78 is 5.23. The lowest BCUT2D eigenvalue weighted by atomic mass is 9.94. The van der Waals surface area contributed by atoms with Gasteiger partial charge in [0.05, 0.1) is 30.0 Å². The van der Waals surface area contributed by atoms with Gasteiger partial charge in [-0.15, -0.1) is 0 Å². The fourth-order valence-electron chi connectivity index (χ4n) is 3.84. The maximum Gasteiger partial charge on any atom is 0.295 e. The number of aryl methyl sites for hydroxylation is 2. The van der Waals surface area contributed by atoms with E-state index in [1.807, 2.05) is 31.1 Å². The van der Waals surface area contributed by atoms with E-state index in [1.165, 1.54) is 0 Å². The Hall–Kier alpha value is -3.13. The monoisotopic (exact) mass is 412 g/mol. The number of Topliss-reactive ketones (excluding diaryl/α,β-unsaturated/α-hetero) is 1. The van der Waals surface area contributed by atoms with Crippen LogP contribution >= 0.6 is 0 Å². The van der Waals surface area contributed by atoms with Crippen molar-refractivity contribution in [3.05, 3.63) is 52.4 Å². The lowest BCUT2D eigenvalue weighted by Crippen LogP contribution is -2.32. The molecule has 0 radical (unpaired) electrons. The number of aliphatic hydroxyl groups excluding tert-OH is 1. The van der Waals surface area contributed by atoms with E-state index in [1.54, 1.807) is 38.0 Å². The molecule has 1 aliphatic heterocycles. The lowest BCUT2D eigenvalue weighted by molar-refractivity contribution is -0.139. The van der Waals surface area contributed by atoms with Crippen LogP contribution in [-0.4, -0.2) is 71.1 Å². The minimum atomic E-state index is -0.682. The molecular formula is C22H28N4O4. The third-order valence-electron chi connectivity index (χ3n) is 5.34. The van der Waals surface area contributed by atoms with E-state index in [4.69, 9.17) is 4.74 Å². The topological polar surface area (TPSA) is 98.8 Å². The van der Waals surface area contributed by atoms with Gasteiger partial charge >= 0.3 is 0 Å². The Balaban J connectivity index is 2.11. The molecule has 0 bridgehead atoms. The first-order valence-electron chi connectivity index (χ1n) is 9.85. The van der Waals surface area contributed by atoms with Crippen molar-refractivity contribution in [3.63, 3.8) is 0 Å². The molecular weight excluding hydrogens is 384 g/mol. The molecule has 1 atom stereocenters. The number of methoxy groups -OCH3 is 1. The molecule has 30 heavy (non-hydrogen) atoms. The van der Waals surface area contributed by atoms with Gasteiger partial charge in [-0.05, 0) is 58.6 Å². The van der Waals surface area contributed by atoms with Crippen molar-refractivity contribution >= 4 is 17.4 Å². The van der Waals surface area contributed by atoms with Crippen molar-refractivity contribution in [3.8, 4) is 5.75 Å². The SMILES string of the molecule is COc1ccc(C2/C(=C(\O)c3c(C)n[nH]c3C)C(=O)C(=O)N2CCCN(C)C)cc1. The van der Waals surface area contributed by atoms with Crippen LogP contribution in [0.15, 0.2) is 29.8 Å². The minimum Gasteiger partial charge on any atom is -0.507 e. The third kappa shape index (κ3) is 3.95. The van der Waals surface area contributed by atoms with Crippen molar-refractivity contribution in [2.75, 3.05) is 34.3 Å². The third-order valence-corrected chi connectivity index (χ3v) is 5.34. The number of carbonyl (C=O) groups excluding carboxylic acids is 2. The average molecular weight is 412 g/mol. The van der Waals surface area contributed by atoms with Crippen LogP contribution in [0.2, 0.25) is 0 Å². The minimum absolute atomic E-state index is 0.0858. The van der Waals surface area contributed by atoms with Crippen LogP contribution in [-0.2, 0) is 9.59 Å². The van der Waals surface area contributed by atoms with E-state index in [0.29, 0.717) is 35.7 Å². The van der Waals surface area contributed by atoms with E-state index in [2.05, 4.69) is 10.2 Å². The number of aliphatic hydroxyl groups is 1. The molecule has 1 aromatic carbocycles. The predicted molar refractivity (Wildman–Crippen MR) is 113 cm³/mol. The average Bonchev–Trinajstić information content (AvgIpc) is 3.18.